The van der Waals surface area contributed by atoms with E-state index in [0.717, 1.165) is 13.0 Å². The lowest BCUT2D eigenvalue weighted by atomic mass is 10.3. The van der Waals surface area contributed by atoms with Crippen molar-refractivity contribution < 1.29 is 19.1 Å². The van der Waals surface area contributed by atoms with Crippen molar-refractivity contribution in [1.29, 1.82) is 0 Å². The van der Waals surface area contributed by atoms with Crippen LogP contribution < -0.4 is 26.0 Å². The minimum atomic E-state index is -0.539. The Hall–Kier alpha value is -3.55. The summed E-state index contributed by atoms with van der Waals surface area (Å²) in [6.45, 7) is 8.74. The molecule has 0 atom stereocenters. The van der Waals surface area contributed by atoms with Crippen molar-refractivity contribution in [1.82, 2.24) is 15.6 Å². The molecule has 170 valence electrons. The molecule has 0 fully saturated rings. The molecule has 1 aromatic carbocycles. The van der Waals surface area contributed by atoms with Crippen LogP contribution in [0.5, 0.6) is 5.75 Å². The number of nitrogens with zero attached hydrogens (tertiary/aromatic N) is 2. The number of hydrogen-bond donors (Lipinski definition) is 4. The molecule has 32 heavy (non-hydrogen) atoms. The zero-order valence-corrected chi connectivity index (χ0v) is 18.4. The van der Waals surface area contributed by atoms with Gasteiger partial charge in [-0.1, -0.05) is 17.7 Å². The number of benzene rings is 1. The Morgan fingerprint density at radius 3 is 2.66 bits per heavy atom. The first-order valence-corrected chi connectivity index (χ1v) is 10.3. The largest absolute Gasteiger partial charge is 0.491 e. The van der Waals surface area contributed by atoms with Gasteiger partial charge in [-0.2, -0.15) is 0 Å². The number of carbonyl (C=O) groups is 2. The van der Waals surface area contributed by atoms with E-state index in [9.17, 15) is 9.59 Å². The van der Waals surface area contributed by atoms with Gasteiger partial charge in [-0.15, -0.1) is 0 Å². The van der Waals surface area contributed by atoms with E-state index >= 15 is 0 Å². The molecule has 0 spiro atoms. The van der Waals surface area contributed by atoms with Crippen LogP contribution in [0.1, 0.15) is 12.8 Å². The van der Waals surface area contributed by atoms with E-state index < -0.39 is 12.1 Å². The Kier molecular flexibility index (Phi) is 10.6. The molecule has 0 saturated heterocycles. The van der Waals surface area contributed by atoms with Crippen molar-refractivity contribution in [2.24, 2.45) is 0 Å². The van der Waals surface area contributed by atoms with Crippen LogP contribution in [-0.2, 0) is 4.74 Å². The third kappa shape index (κ3) is 9.07. The van der Waals surface area contributed by atoms with Crippen molar-refractivity contribution in [3.63, 3.8) is 0 Å². The molecule has 11 heteroatoms. The van der Waals surface area contributed by atoms with E-state index in [1.807, 2.05) is 7.05 Å². The van der Waals surface area contributed by atoms with E-state index in [-0.39, 0.29) is 0 Å². The van der Waals surface area contributed by atoms with Crippen molar-refractivity contribution >= 4 is 40.9 Å². The lowest BCUT2D eigenvalue weighted by molar-refractivity contribution is 0.144. The van der Waals surface area contributed by atoms with Crippen LogP contribution >= 0.6 is 11.6 Å². The molecule has 0 bridgehead atoms. The van der Waals surface area contributed by atoms with Gasteiger partial charge in [-0.3, -0.25) is 10.3 Å². The number of hydrogen-bond acceptors (Lipinski definition) is 6. The molecule has 4 N–H and O–H groups in total. The molecule has 2 rings (SSSR count). The van der Waals surface area contributed by atoms with Gasteiger partial charge >= 0.3 is 12.1 Å². The first-order valence-electron chi connectivity index (χ1n) is 9.91. The Labute approximate surface area is 191 Å². The number of pyridine rings is 1. The average Bonchev–Trinajstić information content (AvgIpc) is 2.78. The van der Waals surface area contributed by atoms with E-state index in [1.165, 1.54) is 12.3 Å². The van der Waals surface area contributed by atoms with Gasteiger partial charge < -0.3 is 25.4 Å². The maximum atomic E-state index is 12.3. The highest BCUT2D eigenvalue weighted by atomic mass is 35.5. The number of aromatic nitrogens is 1. The number of halogens is 1. The summed E-state index contributed by atoms with van der Waals surface area (Å²) in [6.07, 6.45) is 2.18. The number of nitrogens with one attached hydrogen (secondary N) is 4. The quantitative estimate of drug-likeness (QED) is 0.297. The van der Waals surface area contributed by atoms with Gasteiger partial charge in [0.05, 0.1) is 25.5 Å². The van der Waals surface area contributed by atoms with Crippen LogP contribution in [0.4, 0.5) is 26.8 Å². The second-order valence-electron chi connectivity index (χ2n) is 6.45. The second kappa shape index (κ2) is 13.7. The summed E-state index contributed by atoms with van der Waals surface area (Å²) in [4.78, 5) is 31.1. The molecule has 10 nitrogen and oxygen atoms in total. The Balaban J connectivity index is 1.78. The standard InChI is InChI=1S/C21H25ClN6O4/c1-23-9-3-12-32-21(30)25-10-4-11-31-18-7-5-15(22)13-17(18)27-20(29)28-19-8-6-16(24-2)14-26-19/h5-8,13-14,23H,3-4,9-12H2,1H3,(H,25,30)(H2,26,27,28,29). The number of urea groups is 1. The monoisotopic (exact) mass is 460 g/mol. The van der Waals surface area contributed by atoms with Crippen molar-refractivity contribution in [3.8, 4) is 5.75 Å². The fraction of sp³-hybridized carbons (Fsp3) is 0.333. The smallest absolute Gasteiger partial charge is 0.407 e. The summed E-state index contributed by atoms with van der Waals surface area (Å²) in [5.41, 5.74) is 0.753. The zero-order chi connectivity index (χ0) is 23.2. The predicted octanol–water partition coefficient (Wildman–Crippen LogP) is 4.03. The molecule has 0 saturated carbocycles. The lowest BCUT2D eigenvalue weighted by Gasteiger charge is -2.14. The van der Waals surface area contributed by atoms with Gasteiger partial charge in [0.25, 0.3) is 0 Å². The minimum absolute atomic E-state index is 0.295. The second-order valence-corrected chi connectivity index (χ2v) is 6.89. The zero-order valence-electron chi connectivity index (χ0n) is 17.6. The highest BCUT2D eigenvalue weighted by Crippen LogP contribution is 2.28. The molecule has 0 aliphatic carbocycles. The average molecular weight is 461 g/mol. The van der Waals surface area contributed by atoms with E-state index in [2.05, 4.69) is 31.1 Å². The summed E-state index contributed by atoms with van der Waals surface area (Å²) in [5, 5.41) is 11.3. The Bertz CT molecular complexity index is 933. The summed E-state index contributed by atoms with van der Waals surface area (Å²) >= 11 is 6.04. The first-order chi connectivity index (χ1) is 15.5. The van der Waals surface area contributed by atoms with E-state index in [1.54, 1.807) is 24.3 Å². The fourth-order valence-corrected chi connectivity index (χ4v) is 2.60. The van der Waals surface area contributed by atoms with Gasteiger partial charge in [0.1, 0.15) is 11.6 Å². The van der Waals surface area contributed by atoms with Gasteiger partial charge in [-0.25, -0.2) is 14.4 Å². The molecule has 1 aromatic heterocycles. The van der Waals surface area contributed by atoms with E-state index in [4.69, 9.17) is 27.6 Å². The molecule has 1 heterocycles. The summed E-state index contributed by atoms with van der Waals surface area (Å²) < 4.78 is 10.7. The normalized spacial score (nSPS) is 10.0. The number of ether oxygens (including phenoxy) is 2. The van der Waals surface area contributed by atoms with Crippen LogP contribution in [0.2, 0.25) is 5.02 Å². The van der Waals surface area contributed by atoms with Gasteiger partial charge in [0, 0.05) is 17.8 Å². The molecule has 3 amide bonds. The lowest BCUT2D eigenvalue weighted by Crippen LogP contribution is -2.27. The number of carbonyl (C=O) groups excluding carboxylic acids is 2. The highest BCUT2D eigenvalue weighted by Gasteiger charge is 2.10. The molecule has 0 aliphatic rings. The van der Waals surface area contributed by atoms with Crippen molar-refractivity contribution in [2.45, 2.75) is 12.8 Å². The number of alkyl carbamates (subject to hydrolysis) is 1. The predicted molar refractivity (Wildman–Crippen MR) is 123 cm³/mol. The van der Waals surface area contributed by atoms with Crippen LogP contribution in [0.15, 0.2) is 36.5 Å². The van der Waals surface area contributed by atoms with Gasteiger partial charge in [-0.05, 0) is 50.7 Å². The summed E-state index contributed by atoms with van der Waals surface area (Å²) in [5.74, 6) is 0.721. The molecule has 2 aromatic rings. The van der Waals surface area contributed by atoms with Crippen LogP contribution in [-0.4, -0.2) is 50.5 Å². The fourth-order valence-electron chi connectivity index (χ4n) is 2.43. The maximum absolute atomic E-state index is 12.3. The van der Waals surface area contributed by atoms with Crippen LogP contribution in [0.25, 0.3) is 4.85 Å². The Morgan fingerprint density at radius 2 is 1.94 bits per heavy atom. The third-order valence-electron chi connectivity index (χ3n) is 3.96. The molecule has 0 unspecified atom stereocenters. The summed E-state index contributed by atoms with van der Waals surface area (Å²) in [6, 6.07) is 7.39. The maximum Gasteiger partial charge on any atom is 0.407 e. The van der Waals surface area contributed by atoms with Gasteiger partial charge in [0.15, 0.2) is 0 Å². The first kappa shape index (κ1) is 24.7. The van der Waals surface area contributed by atoms with Gasteiger partial charge in [0.2, 0.25) is 5.69 Å². The van der Waals surface area contributed by atoms with E-state index in [0.29, 0.717) is 54.1 Å². The topological polar surface area (TPSA) is 118 Å². The number of rotatable bonds is 11. The Morgan fingerprint density at radius 1 is 1.12 bits per heavy atom. The SMILES string of the molecule is [C-]#[N+]c1ccc(NC(=O)Nc2cc(Cl)ccc2OCCCNC(=O)OCCCNC)nc1. The number of anilines is 2. The molecular formula is C21H25ClN6O4. The van der Waals surface area contributed by atoms with Crippen LogP contribution in [0.3, 0.4) is 0 Å². The minimum Gasteiger partial charge on any atom is -0.491 e. The highest BCUT2D eigenvalue weighted by molar-refractivity contribution is 6.31. The third-order valence-corrected chi connectivity index (χ3v) is 4.20. The molecule has 0 radical (unpaired) electrons. The number of amides is 3. The summed E-state index contributed by atoms with van der Waals surface area (Å²) in [7, 11) is 1.83. The van der Waals surface area contributed by atoms with Crippen LogP contribution in [0, 0.1) is 6.57 Å². The van der Waals surface area contributed by atoms with Crippen molar-refractivity contribution in [3.05, 3.63) is 53.0 Å². The van der Waals surface area contributed by atoms with Crippen molar-refractivity contribution in [2.75, 3.05) is 44.0 Å². The molecule has 0 aliphatic heterocycles. The molecular weight excluding hydrogens is 436 g/mol.